The summed E-state index contributed by atoms with van der Waals surface area (Å²) in [5.74, 6) is -1.94. The number of aromatic carboxylic acids is 1. The lowest BCUT2D eigenvalue weighted by molar-refractivity contribution is 0.0696. The van der Waals surface area contributed by atoms with Crippen molar-refractivity contribution in [2.45, 2.75) is 12.5 Å². The molecule has 0 saturated heterocycles. The maximum atomic E-state index is 12.9. The molecule has 18 heavy (non-hydrogen) atoms. The highest BCUT2D eigenvalue weighted by Gasteiger charge is 2.16. The molecule has 0 radical (unpaired) electrons. The fraction of sp³-hybridized carbons (Fsp3) is 0.455. The average molecular weight is 258 g/mol. The molecule has 7 heteroatoms. The number of methoxy groups -OCH3 is 1. The van der Waals surface area contributed by atoms with Crippen molar-refractivity contribution in [1.29, 1.82) is 0 Å². The van der Waals surface area contributed by atoms with Gasteiger partial charge < -0.3 is 20.3 Å². The summed E-state index contributed by atoms with van der Waals surface area (Å²) in [5.41, 5.74) is -0.256. The molecule has 0 fully saturated rings. The molecule has 1 heterocycles. The van der Waals surface area contributed by atoms with Crippen molar-refractivity contribution in [3.8, 4) is 0 Å². The van der Waals surface area contributed by atoms with E-state index in [1.54, 1.807) is 0 Å². The zero-order valence-electron chi connectivity index (χ0n) is 9.89. The molecule has 1 unspecified atom stereocenters. The lowest BCUT2D eigenvalue weighted by atomic mass is 10.2. The molecule has 100 valence electrons. The Morgan fingerprint density at radius 1 is 1.67 bits per heavy atom. The molecule has 3 N–H and O–H groups in total. The number of hydrogen-bond donors (Lipinski definition) is 3. The van der Waals surface area contributed by atoms with Crippen LogP contribution in [-0.2, 0) is 4.74 Å². The second-order valence-electron chi connectivity index (χ2n) is 3.66. The lowest BCUT2D eigenvalue weighted by Crippen LogP contribution is -2.27. The minimum Gasteiger partial charge on any atom is -0.478 e. The molecule has 6 nitrogen and oxygen atoms in total. The third-order valence-electron chi connectivity index (χ3n) is 2.27. The Hall–Kier alpha value is -1.73. The van der Waals surface area contributed by atoms with Crippen molar-refractivity contribution in [3.05, 3.63) is 23.6 Å². The maximum absolute atomic E-state index is 12.9. The number of aromatic nitrogens is 1. The highest BCUT2D eigenvalue weighted by molar-refractivity contribution is 5.93. The summed E-state index contributed by atoms with van der Waals surface area (Å²) in [6, 6.07) is 0.594. The van der Waals surface area contributed by atoms with Gasteiger partial charge in [-0.1, -0.05) is 0 Å². The number of hydrogen-bond acceptors (Lipinski definition) is 5. The van der Waals surface area contributed by atoms with Crippen molar-refractivity contribution in [3.63, 3.8) is 0 Å². The van der Waals surface area contributed by atoms with E-state index in [2.05, 4.69) is 10.3 Å². The molecular formula is C11H15FN2O4. The first-order valence-corrected chi connectivity index (χ1v) is 5.33. The number of aliphatic hydroxyl groups is 1. The average Bonchev–Trinajstić information content (AvgIpc) is 2.32. The van der Waals surface area contributed by atoms with E-state index in [1.807, 2.05) is 0 Å². The van der Waals surface area contributed by atoms with Gasteiger partial charge in [0.1, 0.15) is 17.2 Å². The van der Waals surface area contributed by atoms with Crippen LogP contribution in [0, 0.1) is 5.82 Å². The predicted octanol–water partition coefficient (Wildman–Crippen LogP) is 0.728. The quantitative estimate of drug-likeness (QED) is 0.667. The Labute approximate surface area is 103 Å². The smallest absolute Gasteiger partial charge is 0.339 e. The first-order valence-electron chi connectivity index (χ1n) is 5.33. The molecular weight excluding hydrogens is 243 g/mol. The molecule has 0 aliphatic heterocycles. The van der Waals surface area contributed by atoms with Crippen molar-refractivity contribution in [1.82, 2.24) is 4.98 Å². The number of aliphatic hydroxyl groups excluding tert-OH is 1. The van der Waals surface area contributed by atoms with Crippen molar-refractivity contribution in [2.24, 2.45) is 0 Å². The van der Waals surface area contributed by atoms with Crippen LogP contribution < -0.4 is 5.32 Å². The minimum atomic E-state index is -1.27. The van der Waals surface area contributed by atoms with Crippen molar-refractivity contribution >= 4 is 11.8 Å². The third kappa shape index (κ3) is 3.94. The van der Waals surface area contributed by atoms with Gasteiger partial charge in [-0.25, -0.2) is 14.2 Å². The van der Waals surface area contributed by atoms with Gasteiger partial charge in [0, 0.05) is 13.7 Å². The Balaban J connectivity index is 2.90. The number of halogens is 1. The summed E-state index contributed by atoms with van der Waals surface area (Å²) >= 11 is 0. The molecule has 0 amide bonds. The first kappa shape index (κ1) is 14.3. The van der Waals surface area contributed by atoms with Crippen LogP contribution in [0.25, 0.3) is 0 Å². The summed E-state index contributed by atoms with van der Waals surface area (Å²) in [6.45, 7) is 0.198. The van der Waals surface area contributed by atoms with E-state index in [-0.39, 0.29) is 30.6 Å². The van der Waals surface area contributed by atoms with Gasteiger partial charge >= 0.3 is 5.97 Å². The monoisotopic (exact) mass is 258 g/mol. The zero-order valence-corrected chi connectivity index (χ0v) is 9.89. The second kappa shape index (κ2) is 6.87. The van der Waals surface area contributed by atoms with Gasteiger partial charge in [-0.15, -0.1) is 0 Å². The molecule has 0 saturated carbocycles. The summed E-state index contributed by atoms with van der Waals surface area (Å²) < 4.78 is 17.9. The van der Waals surface area contributed by atoms with Gasteiger partial charge in [-0.2, -0.15) is 0 Å². The van der Waals surface area contributed by atoms with E-state index in [0.717, 1.165) is 12.3 Å². The molecule has 1 rings (SSSR count). The predicted molar refractivity (Wildman–Crippen MR) is 62.1 cm³/mol. The van der Waals surface area contributed by atoms with E-state index >= 15 is 0 Å². The van der Waals surface area contributed by atoms with Crippen LogP contribution in [0.1, 0.15) is 16.8 Å². The molecule has 1 aromatic heterocycles. The SMILES string of the molecule is COCC(CCO)Nc1ncc(F)cc1C(=O)O. The Morgan fingerprint density at radius 2 is 2.39 bits per heavy atom. The molecule has 0 spiro atoms. The molecule has 1 aromatic rings. The van der Waals surface area contributed by atoms with Crippen molar-refractivity contribution in [2.75, 3.05) is 25.6 Å². The Bertz CT molecular complexity index is 408. The number of carbonyl (C=O) groups is 1. The highest BCUT2D eigenvalue weighted by atomic mass is 19.1. The van der Waals surface area contributed by atoms with Crippen LogP contribution in [0.3, 0.4) is 0 Å². The number of carboxylic acid groups (broad SMARTS) is 1. The minimum absolute atomic E-state index is 0.0550. The van der Waals surface area contributed by atoms with Gasteiger partial charge in [-0.05, 0) is 12.5 Å². The van der Waals surface area contributed by atoms with E-state index in [1.165, 1.54) is 7.11 Å². The Kier molecular flexibility index (Phi) is 5.47. The summed E-state index contributed by atoms with van der Waals surface area (Å²) in [5, 5.41) is 20.6. The number of rotatable bonds is 7. The van der Waals surface area contributed by atoms with Crippen molar-refractivity contribution < 1.29 is 24.1 Å². The summed E-state index contributed by atoms with van der Waals surface area (Å²) in [6.07, 6.45) is 1.30. The van der Waals surface area contributed by atoms with Gasteiger partial charge in [0.15, 0.2) is 0 Å². The molecule has 0 bridgehead atoms. The first-order chi connectivity index (χ1) is 8.58. The van der Waals surface area contributed by atoms with Crippen LogP contribution >= 0.6 is 0 Å². The van der Waals surface area contributed by atoms with E-state index < -0.39 is 11.8 Å². The number of anilines is 1. The van der Waals surface area contributed by atoms with Gasteiger partial charge in [-0.3, -0.25) is 0 Å². The second-order valence-corrected chi connectivity index (χ2v) is 3.66. The van der Waals surface area contributed by atoms with Crippen LogP contribution in [-0.4, -0.2) is 47.5 Å². The van der Waals surface area contributed by atoms with Crippen LogP contribution in [0.5, 0.6) is 0 Å². The van der Waals surface area contributed by atoms with E-state index in [0.29, 0.717) is 6.42 Å². The maximum Gasteiger partial charge on any atom is 0.339 e. The van der Waals surface area contributed by atoms with E-state index in [9.17, 15) is 9.18 Å². The molecule has 1 atom stereocenters. The number of pyridine rings is 1. The largest absolute Gasteiger partial charge is 0.478 e. The Morgan fingerprint density at radius 3 is 2.94 bits per heavy atom. The lowest BCUT2D eigenvalue weighted by Gasteiger charge is -2.18. The van der Waals surface area contributed by atoms with Gasteiger partial charge in [0.2, 0.25) is 0 Å². The number of ether oxygens (including phenoxy) is 1. The summed E-state index contributed by atoms with van der Waals surface area (Å²) in [7, 11) is 1.49. The molecule has 0 aliphatic rings. The highest BCUT2D eigenvalue weighted by Crippen LogP contribution is 2.15. The van der Waals surface area contributed by atoms with Crippen LogP contribution in [0.2, 0.25) is 0 Å². The topological polar surface area (TPSA) is 91.7 Å². The number of nitrogens with zero attached hydrogens (tertiary/aromatic N) is 1. The molecule has 0 aliphatic carbocycles. The summed E-state index contributed by atoms with van der Waals surface area (Å²) in [4.78, 5) is 14.6. The van der Waals surface area contributed by atoms with Gasteiger partial charge in [0.05, 0.1) is 18.8 Å². The van der Waals surface area contributed by atoms with Crippen LogP contribution in [0.15, 0.2) is 12.3 Å². The third-order valence-corrected chi connectivity index (χ3v) is 2.27. The fourth-order valence-electron chi connectivity index (χ4n) is 1.46. The van der Waals surface area contributed by atoms with E-state index in [4.69, 9.17) is 14.9 Å². The number of carboxylic acids is 1. The van der Waals surface area contributed by atoms with Gasteiger partial charge in [0.25, 0.3) is 0 Å². The standard InChI is InChI=1S/C11H15FN2O4/c1-18-6-8(2-3-15)14-10-9(11(16)17)4-7(12)5-13-10/h4-5,8,15H,2-3,6H2,1H3,(H,13,14)(H,16,17). The fourth-order valence-corrected chi connectivity index (χ4v) is 1.46. The molecule has 0 aromatic carbocycles. The van der Waals surface area contributed by atoms with Crippen LogP contribution in [0.4, 0.5) is 10.2 Å². The normalized spacial score (nSPS) is 12.2. The number of nitrogens with one attached hydrogen (secondary N) is 1. The zero-order chi connectivity index (χ0) is 13.5.